The van der Waals surface area contributed by atoms with Crippen LogP contribution < -0.4 is 20.7 Å². The molecule has 1 unspecified atom stereocenters. The number of aromatic nitrogens is 1. The third kappa shape index (κ3) is 7.35. The first-order chi connectivity index (χ1) is 14.7. The standard InChI is InChI=1S/C22H29N5O3.HI/c1-3-23-22(25-14-16-7-6-10-24-21(16)30-12-11-29-2)26-15-17-13-20(28)27-19-9-5-4-8-18(17)19;/h4-10,17H,3,11-15H2,1-2H3,(H,27,28)(H2,23,25,26);1H. The molecule has 168 valence electrons. The van der Waals surface area contributed by atoms with Gasteiger partial charge >= 0.3 is 0 Å². The van der Waals surface area contributed by atoms with Gasteiger partial charge in [-0.05, 0) is 24.6 Å². The molecular weight excluding hydrogens is 509 g/mol. The largest absolute Gasteiger partial charge is 0.475 e. The van der Waals surface area contributed by atoms with Crippen LogP contribution in [0.1, 0.15) is 30.4 Å². The minimum absolute atomic E-state index is 0. The van der Waals surface area contributed by atoms with Gasteiger partial charge in [-0.2, -0.15) is 0 Å². The van der Waals surface area contributed by atoms with E-state index >= 15 is 0 Å². The molecule has 9 heteroatoms. The van der Waals surface area contributed by atoms with Crippen molar-refractivity contribution in [3.63, 3.8) is 0 Å². The Morgan fingerprint density at radius 3 is 2.87 bits per heavy atom. The number of fused-ring (bicyclic) bond motifs is 1. The van der Waals surface area contributed by atoms with Gasteiger partial charge in [0.2, 0.25) is 11.8 Å². The van der Waals surface area contributed by atoms with E-state index in [2.05, 4.69) is 32.0 Å². The number of pyridine rings is 1. The maximum absolute atomic E-state index is 12.0. The van der Waals surface area contributed by atoms with E-state index in [1.165, 1.54) is 0 Å². The van der Waals surface area contributed by atoms with E-state index in [9.17, 15) is 4.79 Å². The molecule has 1 aromatic heterocycles. The van der Waals surface area contributed by atoms with E-state index in [0.717, 1.165) is 23.4 Å². The summed E-state index contributed by atoms with van der Waals surface area (Å²) in [5.74, 6) is 1.38. The molecule has 3 N–H and O–H groups in total. The molecule has 1 aromatic carbocycles. The molecule has 0 saturated heterocycles. The van der Waals surface area contributed by atoms with Gasteiger partial charge in [0, 0.05) is 50.0 Å². The zero-order valence-corrected chi connectivity index (χ0v) is 20.2. The van der Waals surface area contributed by atoms with Crippen LogP contribution in [-0.2, 0) is 16.1 Å². The molecule has 0 spiro atoms. The lowest BCUT2D eigenvalue weighted by Gasteiger charge is -2.26. The fraction of sp³-hybridized carbons (Fsp3) is 0.409. The quantitative estimate of drug-likeness (QED) is 0.196. The predicted octanol–water partition coefficient (Wildman–Crippen LogP) is 2.91. The first-order valence-corrected chi connectivity index (χ1v) is 10.2. The van der Waals surface area contributed by atoms with Crippen molar-refractivity contribution in [3.05, 3.63) is 53.7 Å². The van der Waals surface area contributed by atoms with Gasteiger partial charge in [0.25, 0.3) is 0 Å². The van der Waals surface area contributed by atoms with Crippen molar-refractivity contribution in [2.75, 3.05) is 38.7 Å². The Morgan fingerprint density at radius 2 is 2.06 bits per heavy atom. The molecule has 3 rings (SSSR count). The lowest BCUT2D eigenvalue weighted by molar-refractivity contribution is -0.116. The van der Waals surface area contributed by atoms with E-state index in [4.69, 9.17) is 9.47 Å². The number of halogens is 1. The number of hydrogen-bond donors (Lipinski definition) is 3. The summed E-state index contributed by atoms with van der Waals surface area (Å²) in [6.45, 7) is 4.72. The number of methoxy groups -OCH3 is 1. The number of anilines is 1. The molecule has 1 atom stereocenters. The number of hydrogen-bond acceptors (Lipinski definition) is 5. The highest BCUT2D eigenvalue weighted by Crippen LogP contribution is 2.31. The summed E-state index contributed by atoms with van der Waals surface area (Å²) >= 11 is 0. The van der Waals surface area contributed by atoms with Crippen molar-refractivity contribution >= 4 is 41.5 Å². The van der Waals surface area contributed by atoms with Crippen LogP contribution in [0.15, 0.2) is 47.6 Å². The Kier molecular flexibility index (Phi) is 10.5. The molecule has 1 amide bonds. The summed E-state index contributed by atoms with van der Waals surface area (Å²) in [6, 6.07) is 11.7. The second kappa shape index (κ2) is 13.1. The third-order valence-corrected chi connectivity index (χ3v) is 4.75. The number of ether oxygens (including phenoxy) is 2. The number of carbonyl (C=O) groups excluding carboxylic acids is 1. The van der Waals surface area contributed by atoms with E-state index in [0.29, 0.717) is 44.6 Å². The number of aliphatic imine (C=N–C) groups is 1. The fourth-order valence-corrected chi connectivity index (χ4v) is 3.31. The van der Waals surface area contributed by atoms with E-state index in [1.807, 2.05) is 37.3 Å². The Labute approximate surface area is 200 Å². The smallest absolute Gasteiger partial charge is 0.225 e. The maximum Gasteiger partial charge on any atom is 0.225 e. The lowest BCUT2D eigenvalue weighted by atomic mass is 9.90. The topological polar surface area (TPSA) is 96.9 Å². The van der Waals surface area contributed by atoms with E-state index in [-0.39, 0.29) is 35.8 Å². The van der Waals surface area contributed by atoms with Gasteiger partial charge in [0.15, 0.2) is 5.96 Å². The summed E-state index contributed by atoms with van der Waals surface area (Å²) in [5, 5.41) is 9.56. The van der Waals surface area contributed by atoms with Crippen molar-refractivity contribution in [3.8, 4) is 5.88 Å². The monoisotopic (exact) mass is 539 g/mol. The molecule has 0 radical (unpaired) electrons. The number of guanidine groups is 1. The second-order valence-corrected chi connectivity index (χ2v) is 6.92. The molecule has 8 nitrogen and oxygen atoms in total. The predicted molar refractivity (Wildman–Crippen MR) is 132 cm³/mol. The van der Waals surface area contributed by atoms with E-state index in [1.54, 1.807) is 13.3 Å². The van der Waals surface area contributed by atoms with Crippen molar-refractivity contribution < 1.29 is 14.3 Å². The summed E-state index contributed by atoms with van der Waals surface area (Å²) in [5.41, 5.74) is 2.92. The van der Waals surface area contributed by atoms with Crippen LogP contribution in [-0.4, -0.2) is 50.3 Å². The average Bonchev–Trinajstić information content (AvgIpc) is 2.76. The summed E-state index contributed by atoms with van der Waals surface area (Å²) in [4.78, 5) is 21.0. The Morgan fingerprint density at radius 1 is 1.23 bits per heavy atom. The van der Waals surface area contributed by atoms with Crippen LogP contribution in [0.2, 0.25) is 0 Å². The van der Waals surface area contributed by atoms with Crippen LogP contribution >= 0.6 is 24.0 Å². The fourth-order valence-electron chi connectivity index (χ4n) is 3.31. The SMILES string of the molecule is CCNC(=NCc1cccnc1OCCOC)NCC1CC(=O)Nc2ccccc21.I. The second-order valence-electron chi connectivity index (χ2n) is 6.92. The first-order valence-electron chi connectivity index (χ1n) is 10.2. The van der Waals surface area contributed by atoms with Crippen LogP contribution in [0.5, 0.6) is 5.88 Å². The molecule has 1 aliphatic rings. The van der Waals surface area contributed by atoms with Crippen molar-refractivity contribution in [2.45, 2.75) is 25.8 Å². The molecule has 0 aliphatic carbocycles. The molecule has 0 fully saturated rings. The minimum atomic E-state index is 0. The van der Waals surface area contributed by atoms with Gasteiger partial charge < -0.3 is 25.4 Å². The Balaban J connectivity index is 0.00000341. The molecule has 31 heavy (non-hydrogen) atoms. The third-order valence-electron chi connectivity index (χ3n) is 4.75. The van der Waals surface area contributed by atoms with Crippen LogP contribution in [0, 0.1) is 0 Å². The number of nitrogens with one attached hydrogen (secondary N) is 3. The first kappa shape index (κ1) is 24.9. The highest BCUT2D eigenvalue weighted by Gasteiger charge is 2.24. The Hall–Kier alpha value is -2.40. The van der Waals surface area contributed by atoms with Crippen LogP contribution in [0.4, 0.5) is 5.69 Å². The molecule has 0 saturated carbocycles. The number of carbonyl (C=O) groups is 1. The Bertz CT molecular complexity index is 878. The van der Waals surface area contributed by atoms with Crippen LogP contribution in [0.3, 0.4) is 0 Å². The van der Waals surface area contributed by atoms with Gasteiger partial charge in [0.1, 0.15) is 6.61 Å². The summed E-state index contributed by atoms with van der Waals surface area (Å²) < 4.78 is 10.7. The number of nitrogens with zero attached hydrogens (tertiary/aromatic N) is 2. The number of para-hydroxylation sites is 1. The average molecular weight is 539 g/mol. The van der Waals surface area contributed by atoms with Crippen molar-refractivity contribution in [2.24, 2.45) is 4.99 Å². The molecule has 2 aromatic rings. The van der Waals surface area contributed by atoms with Crippen LogP contribution in [0.25, 0.3) is 0 Å². The van der Waals surface area contributed by atoms with Gasteiger partial charge in [0.05, 0.1) is 13.2 Å². The van der Waals surface area contributed by atoms with E-state index < -0.39 is 0 Å². The highest BCUT2D eigenvalue weighted by atomic mass is 127. The maximum atomic E-state index is 12.0. The molecular formula is C22H30IN5O3. The lowest BCUT2D eigenvalue weighted by Crippen LogP contribution is -2.40. The molecule has 2 heterocycles. The number of benzene rings is 1. The molecule has 0 bridgehead atoms. The molecule has 1 aliphatic heterocycles. The minimum Gasteiger partial charge on any atom is -0.475 e. The highest BCUT2D eigenvalue weighted by molar-refractivity contribution is 14.0. The van der Waals surface area contributed by atoms with Gasteiger partial charge in [-0.15, -0.1) is 24.0 Å². The normalized spacial score (nSPS) is 15.4. The summed E-state index contributed by atoms with van der Waals surface area (Å²) in [6.07, 6.45) is 2.15. The zero-order chi connectivity index (χ0) is 21.2. The van der Waals surface area contributed by atoms with Gasteiger partial charge in [-0.3, -0.25) is 4.79 Å². The number of amides is 1. The number of rotatable bonds is 9. The zero-order valence-electron chi connectivity index (χ0n) is 17.9. The van der Waals surface area contributed by atoms with Crippen molar-refractivity contribution in [1.82, 2.24) is 15.6 Å². The van der Waals surface area contributed by atoms with Gasteiger partial charge in [-0.25, -0.2) is 9.98 Å². The van der Waals surface area contributed by atoms with Crippen molar-refractivity contribution in [1.29, 1.82) is 0 Å². The summed E-state index contributed by atoms with van der Waals surface area (Å²) in [7, 11) is 1.63. The van der Waals surface area contributed by atoms with Gasteiger partial charge in [-0.1, -0.05) is 24.3 Å².